The van der Waals surface area contributed by atoms with Crippen LogP contribution in [0.15, 0.2) is 170 Å². The molecule has 2 radical (unpaired) electrons. The predicted octanol–water partition coefficient (Wildman–Crippen LogP) is 12.7. The first kappa shape index (κ1) is 47.7. The molecule has 5 nitrogen and oxygen atoms in total. The zero-order valence-electron chi connectivity index (χ0n) is 34.0. The number of aromatic nitrogens is 3. The number of carbonyl (C=O) groups is 1. The minimum Gasteiger partial charge on any atom is -0.512 e. The van der Waals surface area contributed by atoms with Crippen molar-refractivity contribution >= 4 is 16.7 Å². The van der Waals surface area contributed by atoms with Gasteiger partial charge in [0.1, 0.15) is 0 Å². The van der Waals surface area contributed by atoms with Gasteiger partial charge in [0.2, 0.25) is 0 Å². The Balaban J connectivity index is 0.000000220. The third-order valence-corrected chi connectivity index (χ3v) is 8.51. The number of fused-ring (bicyclic) bond motifs is 1. The van der Waals surface area contributed by atoms with Crippen LogP contribution in [0.4, 0.5) is 0 Å². The summed E-state index contributed by atoms with van der Waals surface area (Å²) in [6.07, 6.45) is 4.80. The van der Waals surface area contributed by atoms with Gasteiger partial charge in [0.25, 0.3) is 0 Å². The second kappa shape index (κ2) is 24.3. The standard InChI is InChI=1S/C18H16N.C18H14N.C11H8N.C5H8O2.2Ir/c1-12-8-13(2)10-15(9-12)18-11-14(3)16-6-4-5-7-17(16)19-18;1-14-10-11-19-18(12-14)17-9-5-8-16(13-17)15-6-3-2-4-7-15;1-2-6-10(7-3-1)11-8-4-5-9-12-11;1-4(6)3-5(2)7;;/h4-9,11H,1-3H3;2-8,10-13H,1H3;1-6,8-9H;3,6H,1-2H3;;/q3*-1;;;. The molecule has 0 bridgehead atoms. The van der Waals surface area contributed by atoms with E-state index in [4.69, 9.17) is 10.1 Å². The van der Waals surface area contributed by atoms with E-state index < -0.39 is 0 Å². The molecular formula is C52H46Ir2N3O2-3. The maximum Gasteiger partial charge on any atom is 0.155 e. The van der Waals surface area contributed by atoms with Gasteiger partial charge in [-0.25, -0.2) is 0 Å². The van der Waals surface area contributed by atoms with E-state index in [1.807, 2.05) is 72.9 Å². The van der Waals surface area contributed by atoms with Gasteiger partial charge in [0, 0.05) is 64.1 Å². The Labute approximate surface area is 376 Å². The fourth-order valence-corrected chi connectivity index (χ4v) is 6.00. The van der Waals surface area contributed by atoms with E-state index in [-0.39, 0.29) is 51.8 Å². The first-order chi connectivity index (χ1) is 27.5. The molecule has 0 unspecified atom stereocenters. The van der Waals surface area contributed by atoms with E-state index in [0.717, 1.165) is 44.9 Å². The zero-order chi connectivity index (χ0) is 40.6. The fraction of sp³-hybridized carbons (Fsp3) is 0.115. The summed E-state index contributed by atoms with van der Waals surface area (Å²) in [5.41, 5.74) is 14.4. The van der Waals surface area contributed by atoms with Gasteiger partial charge in [0.05, 0.1) is 11.3 Å². The van der Waals surface area contributed by atoms with Gasteiger partial charge < -0.3 is 15.1 Å². The number of pyridine rings is 3. The third kappa shape index (κ3) is 15.2. The van der Waals surface area contributed by atoms with Crippen molar-refractivity contribution in [2.75, 3.05) is 0 Å². The second-order valence-electron chi connectivity index (χ2n) is 13.6. The van der Waals surface area contributed by atoms with Crippen molar-refractivity contribution in [1.82, 2.24) is 15.0 Å². The summed E-state index contributed by atoms with van der Waals surface area (Å²) in [5.74, 6) is -0.0625. The summed E-state index contributed by atoms with van der Waals surface area (Å²) < 4.78 is 0. The molecule has 59 heavy (non-hydrogen) atoms. The molecule has 0 saturated heterocycles. The van der Waals surface area contributed by atoms with Crippen molar-refractivity contribution in [3.63, 3.8) is 0 Å². The van der Waals surface area contributed by atoms with Crippen LogP contribution in [0.2, 0.25) is 0 Å². The van der Waals surface area contributed by atoms with E-state index >= 15 is 0 Å². The molecule has 302 valence electrons. The minimum absolute atomic E-state index is 0. The van der Waals surface area contributed by atoms with Gasteiger partial charge in [0.15, 0.2) is 5.78 Å². The van der Waals surface area contributed by atoms with Crippen molar-refractivity contribution < 1.29 is 50.1 Å². The molecule has 0 aliphatic rings. The van der Waals surface area contributed by atoms with Gasteiger partial charge in [-0.05, 0) is 74.1 Å². The number of rotatable bonds is 5. The van der Waals surface area contributed by atoms with Crippen LogP contribution in [0, 0.1) is 45.9 Å². The molecule has 7 heteroatoms. The first-order valence-corrected chi connectivity index (χ1v) is 18.7. The van der Waals surface area contributed by atoms with Gasteiger partial charge >= 0.3 is 0 Å². The Hall–Kier alpha value is -5.68. The Bertz CT molecular complexity index is 2500. The Kier molecular flexibility index (Phi) is 19.6. The van der Waals surface area contributed by atoms with Crippen LogP contribution in [0.5, 0.6) is 0 Å². The zero-order valence-corrected chi connectivity index (χ0v) is 38.7. The number of para-hydroxylation sites is 1. The second-order valence-corrected chi connectivity index (χ2v) is 13.6. The molecule has 0 amide bonds. The van der Waals surface area contributed by atoms with Crippen molar-refractivity contribution in [3.05, 3.63) is 210 Å². The maximum atomic E-state index is 10.0. The average molecular weight is 1130 g/mol. The summed E-state index contributed by atoms with van der Waals surface area (Å²) >= 11 is 0. The number of aliphatic hydroxyl groups excluding tert-OH is 1. The maximum absolute atomic E-state index is 10.0. The minimum atomic E-state index is -0.125. The van der Waals surface area contributed by atoms with Crippen LogP contribution in [0.1, 0.15) is 36.1 Å². The van der Waals surface area contributed by atoms with E-state index in [1.54, 1.807) is 6.20 Å². The van der Waals surface area contributed by atoms with Gasteiger partial charge in [-0.3, -0.25) is 9.78 Å². The van der Waals surface area contributed by atoms with Crippen molar-refractivity contribution in [1.29, 1.82) is 0 Å². The molecule has 0 aliphatic carbocycles. The van der Waals surface area contributed by atoms with Gasteiger partial charge in [-0.1, -0.05) is 92.2 Å². The summed E-state index contributed by atoms with van der Waals surface area (Å²) in [5, 5.41) is 9.58. The molecule has 0 spiro atoms. The van der Waals surface area contributed by atoms with Crippen LogP contribution in [-0.2, 0) is 45.0 Å². The summed E-state index contributed by atoms with van der Waals surface area (Å²) in [6, 6.07) is 58.8. The van der Waals surface area contributed by atoms with E-state index in [2.05, 4.69) is 135 Å². The largest absolute Gasteiger partial charge is 0.512 e. The summed E-state index contributed by atoms with van der Waals surface area (Å²) in [6.45, 7) is 11.2. The van der Waals surface area contributed by atoms with Crippen LogP contribution in [-0.4, -0.2) is 25.8 Å². The van der Waals surface area contributed by atoms with Gasteiger partial charge in [-0.2, -0.15) is 0 Å². The molecule has 8 aromatic rings. The smallest absolute Gasteiger partial charge is 0.155 e. The number of hydrogen-bond donors (Lipinski definition) is 1. The van der Waals surface area contributed by atoms with Crippen LogP contribution in [0.3, 0.4) is 0 Å². The summed E-state index contributed by atoms with van der Waals surface area (Å²) in [7, 11) is 0. The fourth-order valence-electron chi connectivity index (χ4n) is 6.00. The van der Waals surface area contributed by atoms with E-state index in [9.17, 15) is 4.79 Å². The SMILES string of the molecule is CC(=O)C=C(C)O.Cc1[c-]c(-c2cc(C)c3ccccc3n2)cc(C)c1.Cc1ccnc(-c2[c-]ccc(-c3ccccc3)c2)c1.[Ir].[Ir].[c-]1ccccc1-c1ccccn1. The monoisotopic (exact) mass is 1130 g/mol. The molecular weight excluding hydrogens is 1080 g/mol. The van der Waals surface area contributed by atoms with E-state index in [0.29, 0.717) is 0 Å². The molecule has 0 fully saturated rings. The first-order valence-electron chi connectivity index (χ1n) is 18.7. The summed E-state index contributed by atoms with van der Waals surface area (Å²) in [4.78, 5) is 23.4. The van der Waals surface area contributed by atoms with Crippen LogP contribution in [0.25, 0.3) is 55.8 Å². The molecule has 5 aromatic carbocycles. The molecule has 0 aliphatic heterocycles. The molecule has 1 N–H and O–H groups in total. The average Bonchev–Trinajstić information content (AvgIpc) is 3.22. The molecule has 8 rings (SSSR count). The number of aliphatic hydroxyl groups is 1. The van der Waals surface area contributed by atoms with Crippen molar-refractivity contribution in [2.24, 2.45) is 0 Å². The number of carbonyl (C=O) groups excluding carboxylic acids is 1. The Morgan fingerprint density at radius 2 is 1.27 bits per heavy atom. The van der Waals surface area contributed by atoms with Crippen molar-refractivity contribution in [3.8, 4) is 44.9 Å². The normalized spacial score (nSPS) is 10.2. The quantitative estimate of drug-likeness (QED) is 0.106. The number of benzene rings is 5. The number of ketones is 1. The number of nitrogens with zero attached hydrogens (tertiary/aromatic N) is 3. The van der Waals surface area contributed by atoms with Crippen molar-refractivity contribution in [2.45, 2.75) is 41.5 Å². The Morgan fingerprint density at radius 1 is 0.576 bits per heavy atom. The van der Waals surface area contributed by atoms with Crippen LogP contribution >= 0.6 is 0 Å². The predicted molar refractivity (Wildman–Crippen MR) is 234 cm³/mol. The number of allylic oxidation sites excluding steroid dienone is 2. The molecule has 3 aromatic heterocycles. The van der Waals surface area contributed by atoms with Gasteiger partial charge in [-0.15, -0.1) is 106 Å². The molecule has 0 saturated carbocycles. The molecule has 3 heterocycles. The topological polar surface area (TPSA) is 76.0 Å². The number of hydrogen-bond acceptors (Lipinski definition) is 5. The van der Waals surface area contributed by atoms with E-state index in [1.165, 1.54) is 53.1 Å². The van der Waals surface area contributed by atoms with Crippen LogP contribution < -0.4 is 0 Å². The molecule has 0 atom stereocenters. The third-order valence-electron chi connectivity index (χ3n) is 8.51. The Morgan fingerprint density at radius 3 is 1.92 bits per heavy atom. The number of aryl methyl sites for hydroxylation is 4.